The SMILES string of the molecule is CCN1C(=O)CCCc2cc(C(O)C(C)C)ccc21. The number of amides is 1. The van der Waals surface area contributed by atoms with Crippen LogP contribution in [0.3, 0.4) is 0 Å². The Morgan fingerprint density at radius 1 is 1.32 bits per heavy atom. The molecule has 2 rings (SSSR count). The van der Waals surface area contributed by atoms with E-state index in [0.29, 0.717) is 13.0 Å². The van der Waals surface area contributed by atoms with Crippen LogP contribution in [0.1, 0.15) is 50.8 Å². The highest BCUT2D eigenvalue weighted by Gasteiger charge is 2.22. The van der Waals surface area contributed by atoms with E-state index in [1.165, 1.54) is 5.56 Å². The molecule has 0 spiro atoms. The number of aryl methyl sites for hydroxylation is 1. The van der Waals surface area contributed by atoms with Crippen LogP contribution in [0.4, 0.5) is 5.69 Å². The first-order valence-corrected chi connectivity index (χ1v) is 7.15. The molecule has 19 heavy (non-hydrogen) atoms. The highest BCUT2D eigenvalue weighted by Crippen LogP contribution is 2.31. The first-order chi connectivity index (χ1) is 9.04. The van der Waals surface area contributed by atoms with Crippen molar-refractivity contribution in [3.05, 3.63) is 29.3 Å². The number of benzene rings is 1. The average molecular weight is 261 g/mol. The predicted molar refractivity (Wildman–Crippen MR) is 77.2 cm³/mol. The summed E-state index contributed by atoms with van der Waals surface area (Å²) in [6.07, 6.45) is 1.99. The summed E-state index contributed by atoms with van der Waals surface area (Å²) in [6, 6.07) is 6.01. The van der Waals surface area contributed by atoms with E-state index in [0.717, 1.165) is 24.1 Å². The van der Waals surface area contributed by atoms with Crippen molar-refractivity contribution >= 4 is 11.6 Å². The quantitative estimate of drug-likeness (QED) is 0.908. The third-order valence-electron chi connectivity index (χ3n) is 3.82. The van der Waals surface area contributed by atoms with Crippen LogP contribution in [0.5, 0.6) is 0 Å². The summed E-state index contributed by atoms with van der Waals surface area (Å²) in [5, 5.41) is 10.2. The molecule has 1 heterocycles. The predicted octanol–water partition coefficient (Wildman–Crippen LogP) is 3.07. The van der Waals surface area contributed by atoms with Crippen molar-refractivity contribution in [2.45, 2.75) is 46.1 Å². The second kappa shape index (κ2) is 5.74. The maximum atomic E-state index is 12.0. The maximum absolute atomic E-state index is 12.0. The highest BCUT2D eigenvalue weighted by molar-refractivity contribution is 5.94. The summed E-state index contributed by atoms with van der Waals surface area (Å²) in [5.41, 5.74) is 3.16. The van der Waals surface area contributed by atoms with Crippen LogP contribution in [0.2, 0.25) is 0 Å². The number of hydrogen-bond donors (Lipinski definition) is 1. The molecule has 3 heteroatoms. The fraction of sp³-hybridized carbons (Fsp3) is 0.562. The lowest BCUT2D eigenvalue weighted by molar-refractivity contribution is -0.118. The van der Waals surface area contributed by atoms with Crippen molar-refractivity contribution in [2.75, 3.05) is 11.4 Å². The number of anilines is 1. The Bertz CT molecular complexity index is 468. The van der Waals surface area contributed by atoms with Crippen molar-refractivity contribution in [3.63, 3.8) is 0 Å². The van der Waals surface area contributed by atoms with E-state index in [2.05, 4.69) is 6.07 Å². The van der Waals surface area contributed by atoms with Crippen molar-refractivity contribution in [1.82, 2.24) is 0 Å². The molecule has 0 saturated carbocycles. The maximum Gasteiger partial charge on any atom is 0.226 e. The minimum absolute atomic E-state index is 0.202. The molecule has 1 N–H and O–H groups in total. The number of carbonyl (C=O) groups excluding carboxylic acids is 1. The third-order valence-corrected chi connectivity index (χ3v) is 3.82. The lowest BCUT2D eigenvalue weighted by Crippen LogP contribution is -2.29. The zero-order valence-electron chi connectivity index (χ0n) is 12.0. The van der Waals surface area contributed by atoms with Crippen LogP contribution < -0.4 is 4.90 Å². The monoisotopic (exact) mass is 261 g/mol. The van der Waals surface area contributed by atoms with E-state index in [1.807, 2.05) is 37.8 Å². The Morgan fingerprint density at radius 2 is 2.05 bits per heavy atom. The molecule has 1 atom stereocenters. The van der Waals surface area contributed by atoms with E-state index >= 15 is 0 Å². The van der Waals surface area contributed by atoms with Gasteiger partial charge in [-0.2, -0.15) is 0 Å². The summed E-state index contributed by atoms with van der Waals surface area (Å²) in [5.74, 6) is 0.408. The molecule has 0 aliphatic carbocycles. The van der Waals surface area contributed by atoms with Crippen LogP contribution in [0.25, 0.3) is 0 Å². The molecule has 104 valence electrons. The second-order valence-electron chi connectivity index (χ2n) is 5.57. The van der Waals surface area contributed by atoms with Crippen molar-refractivity contribution in [2.24, 2.45) is 5.92 Å². The number of rotatable bonds is 3. The normalized spacial score (nSPS) is 17.3. The summed E-state index contributed by atoms with van der Waals surface area (Å²) in [7, 11) is 0. The lowest BCUT2D eigenvalue weighted by atomic mass is 9.95. The standard InChI is InChI=1S/C16H23NO2/c1-4-17-14-9-8-13(16(19)11(2)3)10-12(14)6-5-7-15(17)18/h8-11,16,19H,4-7H2,1-3H3. The molecule has 3 nitrogen and oxygen atoms in total. The Kier molecular flexibility index (Phi) is 4.25. The molecule has 0 aromatic heterocycles. The molecule has 1 aromatic carbocycles. The van der Waals surface area contributed by atoms with E-state index in [4.69, 9.17) is 0 Å². The first kappa shape index (κ1) is 14.1. The van der Waals surface area contributed by atoms with Crippen LogP contribution in [-0.2, 0) is 11.2 Å². The van der Waals surface area contributed by atoms with Gasteiger partial charge >= 0.3 is 0 Å². The Labute approximate surface area is 115 Å². The molecular weight excluding hydrogens is 238 g/mol. The number of aliphatic hydroxyl groups is 1. The van der Waals surface area contributed by atoms with Gasteiger partial charge in [0.2, 0.25) is 5.91 Å². The van der Waals surface area contributed by atoms with Crippen LogP contribution in [0, 0.1) is 5.92 Å². The number of carbonyl (C=O) groups is 1. The summed E-state index contributed by atoms with van der Waals surface area (Å²) in [4.78, 5) is 13.9. The number of fused-ring (bicyclic) bond motifs is 1. The Morgan fingerprint density at radius 3 is 2.68 bits per heavy atom. The van der Waals surface area contributed by atoms with Gasteiger partial charge in [-0.15, -0.1) is 0 Å². The Hall–Kier alpha value is -1.35. The van der Waals surface area contributed by atoms with Crippen LogP contribution >= 0.6 is 0 Å². The molecule has 0 fully saturated rings. The molecule has 1 aliphatic rings. The lowest BCUT2D eigenvalue weighted by Gasteiger charge is -2.23. The van der Waals surface area contributed by atoms with Crippen LogP contribution in [-0.4, -0.2) is 17.6 Å². The summed E-state index contributed by atoms with van der Waals surface area (Å²) in [6.45, 7) is 6.73. The molecule has 1 unspecified atom stereocenters. The molecule has 0 radical (unpaired) electrons. The van der Waals surface area contributed by atoms with E-state index in [9.17, 15) is 9.90 Å². The van der Waals surface area contributed by atoms with Gasteiger partial charge in [0.1, 0.15) is 0 Å². The minimum atomic E-state index is -0.431. The molecule has 1 amide bonds. The van der Waals surface area contributed by atoms with Gasteiger partial charge in [-0.1, -0.05) is 26.0 Å². The van der Waals surface area contributed by atoms with Gasteiger partial charge in [-0.3, -0.25) is 4.79 Å². The van der Waals surface area contributed by atoms with E-state index < -0.39 is 6.10 Å². The topological polar surface area (TPSA) is 40.5 Å². The molecule has 0 bridgehead atoms. The van der Waals surface area contributed by atoms with Crippen LogP contribution in [0.15, 0.2) is 18.2 Å². The minimum Gasteiger partial charge on any atom is -0.388 e. The molecular formula is C16H23NO2. The molecule has 1 aromatic rings. The van der Waals surface area contributed by atoms with E-state index in [1.54, 1.807) is 0 Å². The largest absolute Gasteiger partial charge is 0.388 e. The number of aliphatic hydroxyl groups excluding tert-OH is 1. The van der Waals surface area contributed by atoms with Gasteiger partial charge in [-0.25, -0.2) is 0 Å². The van der Waals surface area contributed by atoms with Gasteiger partial charge in [0.05, 0.1) is 6.10 Å². The average Bonchev–Trinajstić information content (AvgIpc) is 2.54. The zero-order valence-corrected chi connectivity index (χ0v) is 12.0. The van der Waals surface area contributed by atoms with Gasteiger partial charge in [-0.05, 0) is 42.9 Å². The van der Waals surface area contributed by atoms with Gasteiger partial charge in [0, 0.05) is 18.7 Å². The second-order valence-corrected chi connectivity index (χ2v) is 5.57. The number of hydrogen-bond acceptors (Lipinski definition) is 2. The zero-order chi connectivity index (χ0) is 14.0. The molecule has 0 saturated heterocycles. The molecule has 1 aliphatic heterocycles. The van der Waals surface area contributed by atoms with Gasteiger partial charge in [0.25, 0.3) is 0 Å². The van der Waals surface area contributed by atoms with Gasteiger partial charge in [0.15, 0.2) is 0 Å². The third kappa shape index (κ3) is 2.81. The summed E-state index contributed by atoms with van der Waals surface area (Å²) < 4.78 is 0. The van der Waals surface area contributed by atoms with Crippen molar-refractivity contribution in [3.8, 4) is 0 Å². The van der Waals surface area contributed by atoms with Crippen molar-refractivity contribution in [1.29, 1.82) is 0 Å². The highest BCUT2D eigenvalue weighted by atomic mass is 16.3. The van der Waals surface area contributed by atoms with E-state index in [-0.39, 0.29) is 11.8 Å². The smallest absolute Gasteiger partial charge is 0.226 e. The Balaban J connectivity index is 2.39. The first-order valence-electron chi connectivity index (χ1n) is 7.15. The number of nitrogens with zero attached hydrogens (tertiary/aromatic N) is 1. The fourth-order valence-corrected chi connectivity index (χ4v) is 2.68. The van der Waals surface area contributed by atoms with Crippen molar-refractivity contribution < 1.29 is 9.90 Å². The van der Waals surface area contributed by atoms with Gasteiger partial charge < -0.3 is 10.0 Å². The fourth-order valence-electron chi connectivity index (χ4n) is 2.68. The summed E-state index contributed by atoms with van der Waals surface area (Å²) >= 11 is 0.